The fourth-order valence-electron chi connectivity index (χ4n) is 2.09. The highest BCUT2D eigenvalue weighted by molar-refractivity contribution is 5.82. The third-order valence-electron chi connectivity index (χ3n) is 3.48. The van der Waals surface area contributed by atoms with Crippen molar-refractivity contribution in [3.8, 4) is 0 Å². The first-order valence-electron chi connectivity index (χ1n) is 6.78. The van der Waals surface area contributed by atoms with Crippen LogP contribution in [0.5, 0.6) is 0 Å². The van der Waals surface area contributed by atoms with Crippen LogP contribution in [0.15, 0.2) is 0 Å². The van der Waals surface area contributed by atoms with Crippen LogP contribution in [0.25, 0.3) is 0 Å². The molecule has 0 saturated carbocycles. The Labute approximate surface area is 114 Å². The van der Waals surface area contributed by atoms with E-state index in [1.54, 1.807) is 4.90 Å². The number of hydrogen-bond donors (Lipinski definition) is 2. The molecule has 0 aliphatic carbocycles. The van der Waals surface area contributed by atoms with E-state index in [9.17, 15) is 9.59 Å². The van der Waals surface area contributed by atoms with Gasteiger partial charge >= 0.3 is 0 Å². The Hall–Kier alpha value is -1.14. The molecule has 1 aliphatic heterocycles. The molecule has 0 radical (unpaired) electrons. The van der Waals surface area contributed by atoms with Crippen LogP contribution in [0.2, 0.25) is 0 Å². The summed E-state index contributed by atoms with van der Waals surface area (Å²) in [4.78, 5) is 25.2. The lowest BCUT2D eigenvalue weighted by Gasteiger charge is -2.33. The average Bonchev–Trinajstić information content (AvgIpc) is 2.38. The minimum absolute atomic E-state index is 0.00570. The average molecular weight is 271 g/mol. The molecule has 110 valence electrons. The van der Waals surface area contributed by atoms with Gasteiger partial charge in [0.2, 0.25) is 11.8 Å². The Balaban J connectivity index is 2.34. The van der Waals surface area contributed by atoms with Gasteiger partial charge in [0.15, 0.2) is 0 Å². The molecule has 1 aliphatic rings. The zero-order valence-electron chi connectivity index (χ0n) is 12.0. The fourth-order valence-corrected chi connectivity index (χ4v) is 2.09. The third kappa shape index (κ3) is 4.80. The number of nitrogens with two attached hydrogens (primary N) is 1. The lowest BCUT2D eigenvalue weighted by Crippen LogP contribution is -2.52. The van der Waals surface area contributed by atoms with Gasteiger partial charge in [-0.15, -0.1) is 0 Å². The van der Waals surface area contributed by atoms with E-state index < -0.39 is 6.04 Å². The molecule has 0 aromatic carbocycles. The number of carbonyl (C=O) groups is 2. The van der Waals surface area contributed by atoms with Crippen molar-refractivity contribution in [3.05, 3.63) is 0 Å². The summed E-state index contributed by atoms with van der Waals surface area (Å²) in [6.07, 6.45) is 1.54. The largest absolute Gasteiger partial charge is 0.375 e. The van der Waals surface area contributed by atoms with Gasteiger partial charge in [-0.1, -0.05) is 13.8 Å². The van der Waals surface area contributed by atoms with Crippen molar-refractivity contribution < 1.29 is 14.3 Å². The number of likely N-dealkylation sites (tertiary alicyclic amines) is 1. The summed E-state index contributed by atoms with van der Waals surface area (Å²) in [6.45, 7) is 5.29. The maximum atomic E-state index is 11.8. The molecule has 6 nitrogen and oxygen atoms in total. The standard InChI is InChI=1S/C13H25N3O3/c1-9(2)12(14)13(18)15-10-4-6-16(7-5-10)11(17)8-19-3/h9-10,12H,4-8,14H2,1-3H3,(H,15,18). The molecule has 0 aromatic heterocycles. The summed E-state index contributed by atoms with van der Waals surface area (Å²) < 4.78 is 4.83. The van der Waals surface area contributed by atoms with Crippen LogP contribution >= 0.6 is 0 Å². The molecule has 0 spiro atoms. The molecule has 0 bridgehead atoms. The summed E-state index contributed by atoms with van der Waals surface area (Å²) in [5, 5.41) is 2.96. The van der Waals surface area contributed by atoms with Gasteiger partial charge < -0.3 is 20.7 Å². The number of piperidine rings is 1. The Morgan fingerprint density at radius 3 is 2.42 bits per heavy atom. The van der Waals surface area contributed by atoms with E-state index in [4.69, 9.17) is 10.5 Å². The maximum absolute atomic E-state index is 11.8. The van der Waals surface area contributed by atoms with Crippen molar-refractivity contribution in [1.82, 2.24) is 10.2 Å². The normalized spacial score (nSPS) is 18.5. The lowest BCUT2D eigenvalue weighted by molar-refractivity contribution is -0.136. The van der Waals surface area contributed by atoms with Gasteiger partial charge in [0.1, 0.15) is 6.61 Å². The van der Waals surface area contributed by atoms with Crippen molar-refractivity contribution in [2.75, 3.05) is 26.8 Å². The zero-order valence-corrected chi connectivity index (χ0v) is 12.0. The summed E-state index contributed by atoms with van der Waals surface area (Å²) >= 11 is 0. The Morgan fingerprint density at radius 1 is 1.37 bits per heavy atom. The smallest absolute Gasteiger partial charge is 0.248 e. The molecule has 1 rings (SSSR count). The maximum Gasteiger partial charge on any atom is 0.248 e. The quantitative estimate of drug-likeness (QED) is 0.720. The zero-order chi connectivity index (χ0) is 14.4. The van der Waals surface area contributed by atoms with E-state index in [1.807, 2.05) is 13.8 Å². The highest BCUT2D eigenvalue weighted by Crippen LogP contribution is 2.11. The number of nitrogens with zero attached hydrogens (tertiary/aromatic N) is 1. The van der Waals surface area contributed by atoms with Gasteiger partial charge in [0.25, 0.3) is 0 Å². The van der Waals surface area contributed by atoms with Crippen LogP contribution < -0.4 is 11.1 Å². The second-order valence-corrected chi connectivity index (χ2v) is 5.37. The predicted octanol–water partition coefficient (Wildman–Crippen LogP) is -0.277. The summed E-state index contributed by atoms with van der Waals surface area (Å²) in [6, 6.07) is -0.350. The summed E-state index contributed by atoms with van der Waals surface area (Å²) in [5.74, 6) is 0.0335. The number of carbonyl (C=O) groups excluding carboxylic acids is 2. The van der Waals surface area contributed by atoms with E-state index in [1.165, 1.54) is 7.11 Å². The van der Waals surface area contributed by atoms with Gasteiger partial charge in [0.05, 0.1) is 6.04 Å². The number of hydrogen-bond acceptors (Lipinski definition) is 4. The van der Waals surface area contributed by atoms with Crippen molar-refractivity contribution in [1.29, 1.82) is 0 Å². The molecule has 1 unspecified atom stereocenters. The third-order valence-corrected chi connectivity index (χ3v) is 3.48. The number of rotatable bonds is 5. The molecule has 1 saturated heterocycles. The number of amides is 2. The highest BCUT2D eigenvalue weighted by Gasteiger charge is 2.25. The van der Waals surface area contributed by atoms with Crippen molar-refractivity contribution in [2.24, 2.45) is 11.7 Å². The van der Waals surface area contributed by atoms with Crippen LogP contribution in [-0.2, 0) is 14.3 Å². The monoisotopic (exact) mass is 271 g/mol. The van der Waals surface area contributed by atoms with Crippen LogP contribution in [0.3, 0.4) is 0 Å². The second-order valence-electron chi connectivity index (χ2n) is 5.37. The van der Waals surface area contributed by atoms with Crippen LogP contribution in [0, 0.1) is 5.92 Å². The molecule has 3 N–H and O–H groups in total. The Morgan fingerprint density at radius 2 is 1.95 bits per heavy atom. The molecule has 1 heterocycles. The fraction of sp³-hybridized carbons (Fsp3) is 0.846. The summed E-state index contributed by atoms with van der Waals surface area (Å²) in [7, 11) is 1.51. The topological polar surface area (TPSA) is 84.7 Å². The first-order valence-corrected chi connectivity index (χ1v) is 6.78. The second kappa shape index (κ2) is 7.45. The predicted molar refractivity (Wildman–Crippen MR) is 72.4 cm³/mol. The van der Waals surface area contributed by atoms with Crippen LogP contribution in [-0.4, -0.2) is 55.6 Å². The van der Waals surface area contributed by atoms with E-state index >= 15 is 0 Å². The van der Waals surface area contributed by atoms with Gasteiger partial charge in [0, 0.05) is 26.2 Å². The number of nitrogens with one attached hydrogen (secondary N) is 1. The molecular formula is C13H25N3O3. The van der Waals surface area contributed by atoms with Gasteiger partial charge in [-0.3, -0.25) is 9.59 Å². The van der Waals surface area contributed by atoms with E-state index in [0.29, 0.717) is 13.1 Å². The Bertz CT molecular complexity index is 312. The van der Waals surface area contributed by atoms with Crippen molar-refractivity contribution in [3.63, 3.8) is 0 Å². The SMILES string of the molecule is COCC(=O)N1CCC(NC(=O)C(N)C(C)C)CC1. The molecule has 0 aromatic rings. The first-order chi connectivity index (χ1) is 8.95. The van der Waals surface area contributed by atoms with Gasteiger partial charge in [-0.2, -0.15) is 0 Å². The minimum atomic E-state index is -0.465. The van der Waals surface area contributed by atoms with E-state index in [-0.39, 0.29) is 30.4 Å². The van der Waals surface area contributed by atoms with Crippen molar-refractivity contribution in [2.45, 2.75) is 38.8 Å². The molecular weight excluding hydrogens is 246 g/mol. The summed E-state index contributed by atoms with van der Waals surface area (Å²) in [5.41, 5.74) is 5.80. The Kier molecular flexibility index (Phi) is 6.24. The van der Waals surface area contributed by atoms with Crippen LogP contribution in [0.1, 0.15) is 26.7 Å². The first kappa shape index (κ1) is 15.9. The number of methoxy groups -OCH3 is 1. The van der Waals surface area contributed by atoms with Gasteiger partial charge in [-0.25, -0.2) is 0 Å². The van der Waals surface area contributed by atoms with Gasteiger partial charge in [-0.05, 0) is 18.8 Å². The molecule has 1 atom stereocenters. The molecule has 1 fully saturated rings. The lowest BCUT2D eigenvalue weighted by atomic mass is 10.0. The minimum Gasteiger partial charge on any atom is -0.375 e. The van der Waals surface area contributed by atoms with Crippen LogP contribution in [0.4, 0.5) is 0 Å². The van der Waals surface area contributed by atoms with E-state index in [2.05, 4.69) is 5.32 Å². The number of ether oxygens (including phenoxy) is 1. The molecule has 2 amide bonds. The van der Waals surface area contributed by atoms with E-state index in [0.717, 1.165) is 12.8 Å². The molecule has 19 heavy (non-hydrogen) atoms. The van der Waals surface area contributed by atoms with Crippen molar-refractivity contribution >= 4 is 11.8 Å². The molecule has 6 heteroatoms. The highest BCUT2D eigenvalue weighted by atomic mass is 16.5.